The Morgan fingerprint density at radius 2 is 1.56 bits per heavy atom. The van der Waals surface area contributed by atoms with Crippen molar-refractivity contribution < 1.29 is 5.11 Å². The molecule has 0 amide bonds. The van der Waals surface area contributed by atoms with Crippen LogP contribution < -0.4 is 5.73 Å². The zero-order valence-electron chi connectivity index (χ0n) is 13.0. The normalized spacial score (nSPS) is 10.9. The van der Waals surface area contributed by atoms with Crippen molar-refractivity contribution in [3.8, 4) is 28.3 Å². The maximum atomic E-state index is 9.44. The number of nitrogen functional groups attached to an aromatic ring is 1. The third kappa shape index (κ3) is 2.97. The molecule has 2 heterocycles. The number of pyridine rings is 1. The molecule has 4 rings (SSSR count). The van der Waals surface area contributed by atoms with Gasteiger partial charge in [-0.1, -0.05) is 29.8 Å². The number of fused-ring (bicyclic) bond motifs is 1. The van der Waals surface area contributed by atoms with Crippen molar-refractivity contribution in [2.45, 2.75) is 0 Å². The summed E-state index contributed by atoms with van der Waals surface area (Å²) in [7, 11) is 0. The molecule has 0 aliphatic rings. The number of benzene rings is 2. The molecule has 0 atom stereocenters. The number of hydrogen-bond acceptors (Lipinski definition) is 5. The van der Waals surface area contributed by atoms with Gasteiger partial charge in [-0.05, 0) is 42.5 Å². The van der Waals surface area contributed by atoms with Crippen LogP contribution in [0, 0.1) is 0 Å². The smallest absolute Gasteiger partial charge is 0.221 e. The summed E-state index contributed by atoms with van der Waals surface area (Å²) in [6.07, 6.45) is 0. The van der Waals surface area contributed by atoms with E-state index in [1.54, 1.807) is 30.3 Å². The average molecular weight is 349 g/mol. The second-order valence-corrected chi connectivity index (χ2v) is 5.92. The van der Waals surface area contributed by atoms with Gasteiger partial charge in [0.1, 0.15) is 10.9 Å². The summed E-state index contributed by atoms with van der Waals surface area (Å²) >= 11 is 6.36. The number of halogens is 1. The van der Waals surface area contributed by atoms with Gasteiger partial charge in [-0.15, -0.1) is 0 Å². The van der Waals surface area contributed by atoms with E-state index in [4.69, 9.17) is 17.3 Å². The van der Waals surface area contributed by atoms with Gasteiger partial charge in [0.15, 0.2) is 0 Å². The zero-order chi connectivity index (χ0) is 17.4. The molecule has 0 saturated carbocycles. The van der Waals surface area contributed by atoms with Gasteiger partial charge in [0.2, 0.25) is 5.95 Å². The first-order valence-corrected chi connectivity index (χ1v) is 7.97. The summed E-state index contributed by atoms with van der Waals surface area (Å²) in [5.74, 6) is 0.331. The first-order valence-electron chi connectivity index (χ1n) is 7.60. The first-order chi connectivity index (χ1) is 12.1. The van der Waals surface area contributed by atoms with Crippen LogP contribution in [-0.2, 0) is 0 Å². The molecule has 0 radical (unpaired) electrons. The van der Waals surface area contributed by atoms with E-state index in [1.807, 2.05) is 30.3 Å². The van der Waals surface area contributed by atoms with Crippen molar-refractivity contribution in [2.75, 3.05) is 5.73 Å². The van der Waals surface area contributed by atoms with Gasteiger partial charge >= 0.3 is 0 Å². The number of para-hydroxylation sites is 1. The number of nitrogens with two attached hydrogens (primary N) is 1. The van der Waals surface area contributed by atoms with E-state index in [9.17, 15) is 5.11 Å². The van der Waals surface area contributed by atoms with Crippen molar-refractivity contribution in [2.24, 2.45) is 0 Å². The lowest BCUT2D eigenvalue weighted by molar-refractivity contribution is 0.475. The zero-order valence-corrected chi connectivity index (χ0v) is 13.8. The fourth-order valence-corrected chi connectivity index (χ4v) is 2.90. The van der Waals surface area contributed by atoms with Crippen molar-refractivity contribution in [3.63, 3.8) is 0 Å². The summed E-state index contributed by atoms with van der Waals surface area (Å²) in [4.78, 5) is 13.0. The molecule has 122 valence electrons. The number of nitrogens with zero attached hydrogens (tertiary/aromatic N) is 3. The maximum Gasteiger partial charge on any atom is 0.221 e. The molecule has 0 fully saturated rings. The third-order valence-corrected chi connectivity index (χ3v) is 4.15. The second-order valence-electron chi connectivity index (χ2n) is 5.56. The fraction of sp³-hybridized carbons (Fsp3) is 0. The van der Waals surface area contributed by atoms with Crippen LogP contribution in [0.25, 0.3) is 33.4 Å². The lowest BCUT2D eigenvalue weighted by Crippen LogP contribution is -1.99. The predicted molar refractivity (Wildman–Crippen MR) is 99.3 cm³/mol. The van der Waals surface area contributed by atoms with E-state index in [0.29, 0.717) is 22.1 Å². The van der Waals surface area contributed by atoms with Crippen LogP contribution in [-0.4, -0.2) is 20.1 Å². The van der Waals surface area contributed by atoms with Gasteiger partial charge < -0.3 is 10.8 Å². The molecule has 0 saturated heterocycles. The molecule has 0 aliphatic heterocycles. The minimum atomic E-state index is 0.143. The monoisotopic (exact) mass is 348 g/mol. The molecule has 25 heavy (non-hydrogen) atoms. The summed E-state index contributed by atoms with van der Waals surface area (Å²) < 4.78 is 0. The average Bonchev–Trinajstić information content (AvgIpc) is 2.61. The largest absolute Gasteiger partial charge is 0.508 e. The van der Waals surface area contributed by atoms with E-state index < -0.39 is 0 Å². The van der Waals surface area contributed by atoms with Crippen LogP contribution in [0.1, 0.15) is 0 Å². The Balaban J connectivity index is 1.88. The van der Waals surface area contributed by atoms with Crippen molar-refractivity contribution in [1.29, 1.82) is 0 Å². The molecule has 6 heteroatoms. The van der Waals surface area contributed by atoms with E-state index in [-0.39, 0.29) is 11.7 Å². The highest BCUT2D eigenvalue weighted by atomic mass is 35.5. The SMILES string of the molecule is Nc1nc(-c2ccc(O)cc2)cc(-c2cc3ccccc3nc2Cl)n1. The molecule has 0 spiro atoms. The minimum absolute atomic E-state index is 0.143. The summed E-state index contributed by atoms with van der Waals surface area (Å²) in [5.41, 5.74) is 9.46. The van der Waals surface area contributed by atoms with Gasteiger partial charge in [-0.2, -0.15) is 0 Å². The van der Waals surface area contributed by atoms with Gasteiger partial charge in [-0.25, -0.2) is 15.0 Å². The topological polar surface area (TPSA) is 84.9 Å². The van der Waals surface area contributed by atoms with Crippen LogP contribution in [0.15, 0.2) is 60.7 Å². The predicted octanol–water partition coefficient (Wildman–Crippen LogP) is 4.30. The van der Waals surface area contributed by atoms with E-state index in [2.05, 4.69) is 15.0 Å². The Bertz CT molecular complexity index is 1080. The van der Waals surface area contributed by atoms with Gasteiger partial charge in [0.05, 0.1) is 16.9 Å². The Hall–Kier alpha value is -3.18. The van der Waals surface area contributed by atoms with Gasteiger partial charge in [0.25, 0.3) is 0 Å². The number of anilines is 1. The van der Waals surface area contributed by atoms with E-state index >= 15 is 0 Å². The number of aromatic nitrogens is 3. The summed E-state index contributed by atoms with van der Waals surface area (Å²) in [6, 6.07) is 18.2. The van der Waals surface area contributed by atoms with E-state index in [0.717, 1.165) is 16.5 Å². The van der Waals surface area contributed by atoms with Gasteiger partial charge in [-0.3, -0.25) is 0 Å². The number of phenols is 1. The standard InChI is InChI=1S/C19H13ClN4O/c20-18-14(9-12-3-1-2-4-15(12)22-18)17-10-16(23-19(21)24-17)11-5-7-13(25)8-6-11/h1-10,25H,(H2,21,23,24). The quantitative estimate of drug-likeness (QED) is 0.527. The Kier molecular flexibility index (Phi) is 3.71. The molecular formula is C19H13ClN4O. The molecule has 0 bridgehead atoms. The second kappa shape index (κ2) is 6.03. The third-order valence-electron chi connectivity index (χ3n) is 3.86. The van der Waals surface area contributed by atoms with Crippen LogP contribution >= 0.6 is 11.6 Å². The molecule has 3 N–H and O–H groups in total. The summed E-state index contributed by atoms with van der Waals surface area (Å²) in [5, 5.41) is 10.8. The fourth-order valence-electron chi connectivity index (χ4n) is 2.66. The number of aromatic hydroxyl groups is 1. The first kappa shape index (κ1) is 15.4. The minimum Gasteiger partial charge on any atom is -0.508 e. The Labute approximate surface area is 148 Å². The lowest BCUT2D eigenvalue weighted by atomic mass is 10.1. The highest BCUT2D eigenvalue weighted by Gasteiger charge is 2.12. The Morgan fingerprint density at radius 3 is 2.36 bits per heavy atom. The van der Waals surface area contributed by atoms with Crippen molar-refractivity contribution in [1.82, 2.24) is 15.0 Å². The number of phenolic OH excluding ortho intramolecular Hbond substituents is 1. The van der Waals surface area contributed by atoms with Gasteiger partial charge in [0, 0.05) is 16.5 Å². The number of rotatable bonds is 2. The van der Waals surface area contributed by atoms with Crippen LogP contribution in [0.2, 0.25) is 5.15 Å². The molecule has 4 aromatic rings. The Morgan fingerprint density at radius 1 is 0.840 bits per heavy atom. The lowest BCUT2D eigenvalue weighted by Gasteiger charge is -2.09. The van der Waals surface area contributed by atoms with E-state index in [1.165, 1.54) is 0 Å². The van der Waals surface area contributed by atoms with Crippen molar-refractivity contribution >= 4 is 28.5 Å². The van der Waals surface area contributed by atoms with Crippen LogP contribution in [0.5, 0.6) is 5.75 Å². The molecule has 2 aromatic carbocycles. The molecule has 2 aromatic heterocycles. The highest BCUT2D eigenvalue weighted by Crippen LogP contribution is 2.31. The number of hydrogen-bond donors (Lipinski definition) is 2. The molecule has 0 aliphatic carbocycles. The van der Waals surface area contributed by atoms with Crippen molar-refractivity contribution in [3.05, 3.63) is 65.8 Å². The highest BCUT2D eigenvalue weighted by molar-refractivity contribution is 6.32. The maximum absolute atomic E-state index is 9.44. The molecule has 5 nitrogen and oxygen atoms in total. The van der Waals surface area contributed by atoms with Crippen LogP contribution in [0.4, 0.5) is 5.95 Å². The molecular weight excluding hydrogens is 336 g/mol. The van der Waals surface area contributed by atoms with Crippen LogP contribution in [0.3, 0.4) is 0 Å². The summed E-state index contributed by atoms with van der Waals surface area (Å²) in [6.45, 7) is 0. The molecule has 0 unspecified atom stereocenters.